The van der Waals surface area contributed by atoms with Crippen molar-refractivity contribution in [2.24, 2.45) is 11.8 Å². The maximum Gasteiger partial charge on any atom is 0.307 e. The lowest BCUT2D eigenvalue weighted by molar-refractivity contribution is -0.147. The number of benzene rings is 2. The van der Waals surface area contributed by atoms with Gasteiger partial charge in [-0.2, -0.15) is 0 Å². The fourth-order valence-electron chi connectivity index (χ4n) is 3.24. The number of rotatable bonds is 3. The van der Waals surface area contributed by atoms with Crippen molar-refractivity contribution < 1.29 is 14.7 Å². The van der Waals surface area contributed by atoms with Crippen LogP contribution in [-0.2, 0) is 9.59 Å². The molecule has 0 radical (unpaired) electrons. The van der Waals surface area contributed by atoms with Crippen molar-refractivity contribution in [2.75, 3.05) is 5.32 Å². The van der Waals surface area contributed by atoms with E-state index in [0.29, 0.717) is 12.8 Å². The van der Waals surface area contributed by atoms with Gasteiger partial charge in [0.25, 0.3) is 0 Å². The van der Waals surface area contributed by atoms with Gasteiger partial charge in [-0.3, -0.25) is 9.59 Å². The Balaban J connectivity index is 1.78. The lowest BCUT2D eigenvalue weighted by Crippen LogP contribution is -2.36. The van der Waals surface area contributed by atoms with E-state index < -0.39 is 17.8 Å². The van der Waals surface area contributed by atoms with Gasteiger partial charge in [-0.15, -0.1) is 0 Å². The SMILES string of the molecule is O=C(O)C1CCCCC1C(=O)Nc1ccc2ccccc2c1. The van der Waals surface area contributed by atoms with Crippen LogP contribution in [0.3, 0.4) is 0 Å². The number of aliphatic carboxylic acids is 1. The number of carbonyl (C=O) groups is 2. The van der Waals surface area contributed by atoms with E-state index in [-0.39, 0.29) is 5.91 Å². The zero-order chi connectivity index (χ0) is 15.5. The second-order valence-corrected chi connectivity index (χ2v) is 5.89. The van der Waals surface area contributed by atoms with Gasteiger partial charge < -0.3 is 10.4 Å². The fraction of sp³-hybridized carbons (Fsp3) is 0.333. The van der Waals surface area contributed by atoms with Crippen LogP contribution >= 0.6 is 0 Å². The van der Waals surface area contributed by atoms with Crippen LogP contribution in [0.1, 0.15) is 25.7 Å². The van der Waals surface area contributed by atoms with Crippen LogP contribution in [0.5, 0.6) is 0 Å². The number of carboxylic acids is 1. The number of nitrogens with one attached hydrogen (secondary N) is 1. The molecule has 2 aromatic carbocycles. The molecular formula is C18H19NO3. The van der Waals surface area contributed by atoms with Crippen LogP contribution < -0.4 is 5.32 Å². The predicted molar refractivity (Wildman–Crippen MR) is 85.7 cm³/mol. The molecule has 2 aromatic rings. The summed E-state index contributed by atoms with van der Waals surface area (Å²) in [5.41, 5.74) is 0.721. The van der Waals surface area contributed by atoms with E-state index in [4.69, 9.17) is 0 Å². The van der Waals surface area contributed by atoms with Crippen molar-refractivity contribution in [1.29, 1.82) is 0 Å². The lowest BCUT2D eigenvalue weighted by Gasteiger charge is -2.27. The maximum atomic E-state index is 12.4. The van der Waals surface area contributed by atoms with E-state index in [1.54, 1.807) is 0 Å². The van der Waals surface area contributed by atoms with Gasteiger partial charge in [0.15, 0.2) is 0 Å². The highest BCUT2D eigenvalue weighted by atomic mass is 16.4. The highest BCUT2D eigenvalue weighted by molar-refractivity contribution is 5.97. The second-order valence-electron chi connectivity index (χ2n) is 5.89. The second kappa shape index (κ2) is 6.18. The quantitative estimate of drug-likeness (QED) is 0.908. The average Bonchev–Trinajstić information content (AvgIpc) is 2.54. The van der Waals surface area contributed by atoms with Gasteiger partial charge in [0, 0.05) is 5.69 Å². The maximum absolute atomic E-state index is 12.4. The predicted octanol–water partition coefficient (Wildman–Crippen LogP) is 3.67. The largest absolute Gasteiger partial charge is 0.481 e. The molecule has 114 valence electrons. The average molecular weight is 297 g/mol. The summed E-state index contributed by atoms with van der Waals surface area (Å²) in [6, 6.07) is 13.7. The number of hydrogen-bond donors (Lipinski definition) is 2. The van der Waals surface area contributed by atoms with Crippen molar-refractivity contribution >= 4 is 28.3 Å². The Morgan fingerprint density at radius 1 is 0.955 bits per heavy atom. The number of anilines is 1. The lowest BCUT2D eigenvalue weighted by atomic mass is 9.78. The minimum Gasteiger partial charge on any atom is -0.481 e. The first-order valence-electron chi connectivity index (χ1n) is 7.67. The Hall–Kier alpha value is -2.36. The molecule has 0 heterocycles. The summed E-state index contributed by atoms with van der Waals surface area (Å²) in [6.45, 7) is 0. The van der Waals surface area contributed by atoms with Crippen LogP contribution in [0.4, 0.5) is 5.69 Å². The molecule has 1 aliphatic carbocycles. The third-order valence-corrected chi connectivity index (χ3v) is 4.44. The van der Waals surface area contributed by atoms with Crippen LogP contribution in [0.2, 0.25) is 0 Å². The number of fused-ring (bicyclic) bond motifs is 1. The van der Waals surface area contributed by atoms with Gasteiger partial charge in [0.2, 0.25) is 5.91 Å². The highest BCUT2D eigenvalue weighted by Gasteiger charge is 2.35. The summed E-state index contributed by atoms with van der Waals surface area (Å²) in [4.78, 5) is 23.8. The van der Waals surface area contributed by atoms with Gasteiger partial charge >= 0.3 is 5.97 Å². The third-order valence-electron chi connectivity index (χ3n) is 4.44. The van der Waals surface area contributed by atoms with Crippen LogP contribution in [-0.4, -0.2) is 17.0 Å². The summed E-state index contributed by atoms with van der Waals surface area (Å²) in [5.74, 6) is -2.03. The normalized spacial score (nSPS) is 21.5. The molecule has 2 unspecified atom stereocenters. The first kappa shape index (κ1) is 14.6. The summed E-state index contributed by atoms with van der Waals surface area (Å²) in [7, 11) is 0. The van der Waals surface area contributed by atoms with E-state index in [1.807, 2.05) is 42.5 Å². The Kier molecular flexibility index (Phi) is 4.09. The van der Waals surface area contributed by atoms with Crippen molar-refractivity contribution in [3.05, 3.63) is 42.5 Å². The Labute approximate surface area is 129 Å². The molecule has 2 atom stereocenters. The van der Waals surface area contributed by atoms with E-state index in [2.05, 4.69) is 5.32 Å². The molecule has 3 rings (SSSR count). The van der Waals surface area contributed by atoms with Crippen molar-refractivity contribution in [2.45, 2.75) is 25.7 Å². The Morgan fingerprint density at radius 2 is 1.64 bits per heavy atom. The number of hydrogen-bond acceptors (Lipinski definition) is 2. The first-order valence-corrected chi connectivity index (χ1v) is 7.67. The summed E-state index contributed by atoms with van der Waals surface area (Å²) < 4.78 is 0. The minimum absolute atomic E-state index is 0.178. The van der Waals surface area contributed by atoms with E-state index in [9.17, 15) is 14.7 Å². The molecule has 1 aliphatic rings. The van der Waals surface area contributed by atoms with Gasteiger partial charge in [-0.25, -0.2) is 0 Å². The molecule has 1 amide bonds. The Bertz CT molecular complexity index is 710. The molecule has 0 spiro atoms. The zero-order valence-corrected chi connectivity index (χ0v) is 12.3. The summed E-state index contributed by atoms with van der Waals surface area (Å²) in [6.07, 6.45) is 3.04. The van der Waals surface area contributed by atoms with Crippen LogP contribution in [0.25, 0.3) is 10.8 Å². The highest BCUT2D eigenvalue weighted by Crippen LogP contribution is 2.31. The van der Waals surface area contributed by atoms with Crippen LogP contribution in [0.15, 0.2) is 42.5 Å². The molecule has 0 bridgehead atoms. The van der Waals surface area contributed by atoms with Gasteiger partial charge in [0.05, 0.1) is 11.8 Å². The number of carbonyl (C=O) groups excluding carboxylic acids is 1. The zero-order valence-electron chi connectivity index (χ0n) is 12.3. The number of amides is 1. The number of carboxylic acid groups (broad SMARTS) is 1. The molecule has 22 heavy (non-hydrogen) atoms. The summed E-state index contributed by atoms with van der Waals surface area (Å²) in [5, 5.41) is 14.3. The molecule has 0 aromatic heterocycles. The molecule has 0 aliphatic heterocycles. The Morgan fingerprint density at radius 3 is 2.36 bits per heavy atom. The molecule has 4 heteroatoms. The summed E-state index contributed by atoms with van der Waals surface area (Å²) >= 11 is 0. The van der Waals surface area contributed by atoms with Gasteiger partial charge in [0.1, 0.15) is 0 Å². The topological polar surface area (TPSA) is 66.4 Å². The monoisotopic (exact) mass is 297 g/mol. The van der Waals surface area contributed by atoms with Crippen LogP contribution in [0, 0.1) is 11.8 Å². The minimum atomic E-state index is -0.863. The third kappa shape index (κ3) is 2.96. The molecule has 4 nitrogen and oxygen atoms in total. The van der Waals surface area contributed by atoms with Crippen molar-refractivity contribution in [1.82, 2.24) is 0 Å². The van der Waals surface area contributed by atoms with E-state index in [1.165, 1.54) is 0 Å². The molecule has 1 fully saturated rings. The smallest absolute Gasteiger partial charge is 0.307 e. The van der Waals surface area contributed by atoms with Gasteiger partial charge in [-0.05, 0) is 35.7 Å². The molecule has 2 N–H and O–H groups in total. The standard InChI is InChI=1S/C18H19NO3/c20-17(15-7-3-4-8-16(15)18(21)22)19-14-10-9-12-5-1-2-6-13(12)11-14/h1-2,5-6,9-11,15-16H,3-4,7-8H2,(H,19,20)(H,21,22). The van der Waals surface area contributed by atoms with Crippen molar-refractivity contribution in [3.8, 4) is 0 Å². The molecule has 1 saturated carbocycles. The molecular weight excluding hydrogens is 278 g/mol. The van der Waals surface area contributed by atoms with Gasteiger partial charge in [-0.1, -0.05) is 43.2 Å². The van der Waals surface area contributed by atoms with Crippen molar-refractivity contribution in [3.63, 3.8) is 0 Å². The fourth-order valence-corrected chi connectivity index (χ4v) is 3.24. The first-order chi connectivity index (χ1) is 10.6. The van der Waals surface area contributed by atoms with E-state index in [0.717, 1.165) is 29.3 Å². The van der Waals surface area contributed by atoms with E-state index >= 15 is 0 Å². The molecule has 0 saturated heterocycles.